The summed E-state index contributed by atoms with van der Waals surface area (Å²) in [5, 5.41) is 6.54. The van der Waals surface area contributed by atoms with Crippen molar-refractivity contribution in [3.63, 3.8) is 0 Å². The molecule has 0 atom stereocenters. The van der Waals surface area contributed by atoms with Gasteiger partial charge >= 0.3 is 0 Å². The highest BCUT2D eigenvalue weighted by atomic mass is 32.2. The van der Waals surface area contributed by atoms with Gasteiger partial charge in [0.2, 0.25) is 15.9 Å². The molecule has 29 heavy (non-hydrogen) atoms. The van der Waals surface area contributed by atoms with Gasteiger partial charge in [0, 0.05) is 30.7 Å². The molecule has 2 amide bonds. The molecule has 12 heteroatoms. The molecule has 0 saturated heterocycles. The van der Waals surface area contributed by atoms with E-state index in [0.29, 0.717) is 5.39 Å². The van der Waals surface area contributed by atoms with Gasteiger partial charge in [-0.2, -0.15) is 5.10 Å². The largest absolute Gasteiger partial charge is 0.290 e. The molecule has 11 nitrogen and oxygen atoms in total. The summed E-state index contributed by atoms with van der Waals surface area (Å²) in [7, 11) is -3.78. The standard InChI is InChI=1S/C17H16N6O5S/c24-14(7-9-19-29(27,28)11-4-3-8-18-10-11)20-23-17(26)15-12-5-1-2-6-13(12)16(25)22-21-15/h1-6,8,10,19H,7,9H2,(H,20,24)(H,22,25)(H,23,26). The summed E-state index contributed by atoms with van der Waals surface area (Å²) in [5.41, 5.74) is 3.83. The van der Waals surface area contributed by atoms with Crippen molar-refractivity contribution in [2.24, 2.45) is 0 Å². The number of hydrazine groups is 1. The van der Waals surface area contributed by atoms with E-state index in [4.69, 9.17) is 0 Å². The van der Waals surface area contributed by atoms with E-state index >= 15 is 0 Å². The Morgan fingerprint density at radius 2 is 1.79 bits per heavy atom. The number of sulfonamides is 1. The predicted molar refractivity (Wildman–Crippen MR) is 102 cm³/mol. The van der Waals surface area contributed by atoms with Crippen molar-refractivity contribution in [2.75, 3.05) is 6.54 Å². The van der Waals surface area contributed by atoms with E-state index in [9.17, 15) is 22.8 Å². The number of hydrogen-bond donors (Lipinski definition) is 4. The molecule has 3 aromatic rings. The van der Waals surface area contributed by atoms with E-state index in [0.717, 1.165) is 0 Å². The highest BCUT2D eigenvalue weighted by Crippen LogP contribution is 2.11. The fraction of sp³-hybridized carbons (Fsp3) is 0.118. The van der Waals surface area contributed by atoms with Gasteiger partial charge in [-0.15, -0.1) is 0 Å². The van der Waals surface area contributed by atoms with Gasteiger partial charge in [0.25, 0.3) is 11.5 Å². The first-order chi connectivity index (χ1) is 13.9. The number of amides is 2. The number of aromatic amines is 1. The Morgan fingerprint density at radius 1 is 1.03 bits per heavy atom. The number of rotatable bonds is 6. The van der Waals surface area contributed by atoms with Crippen molar-refractivity contribution in [1.82, 2.24) is 30.8 Å². The molecule has 0 aliphatic carbocycles. The normalized spacial score (nSPS) is 11.2. The summed E-state index contributed by atoms with van der Waals surface area (Å²) in [6, 6.07) is 9.24. The lowest BCUT2D eigenvalue weighted by atomic mass is 10.1. The minimum atomic E-state index is -3.78. The number of fused-ring (bicyclic) bond motifs is 1. The molecule has 0 spiro atoms. The molecular formula is C17H16N6O5S. The van der Waals surface area contributed by atoms with Crippen molar-refractivity contribution in [2.45, 2.75) is 11.3 Å². The van der Waals surface area contributed by atoms with Crippen LogP contribution >= 0.6 is 0 Å². The average molecular weight is 416 g/mol. The Morgan fingerprint density at radius 3 is 2.52 bits per heavy atom. The van der Waals surface area contributed by atoms with Crippen molar-refractivity contribution in [3.05, 3.63) is 64.8 Å². The lowest BCUT2D eigenvalue weighted by Crippen LogP contribution is -2.43. The number of nitrogens with zero attached hydrogens (tertiary/aromatic N) is 2. The monoisotopic (exact) mass is 416 g/mol. The molecular weight excluding hydrogens is 400 g/mol. The SMILES string of the molecule is O=C(CCNS(=O)(=O)c1cccnc1)NNC(=O)c1n[nH]c(=O)c2ccccc12. The quantitative estimate of drug-likeness (QED) is 0.392. The van der Waals surface area contributed by atoms with Crippen LogP contribution in [0.1, 0.15) is 16.9 Å². The zero-order valence-corrected chi connectivity index (χ0v) is 15.7. The minimum absolute atomic E-state index is 0.0234. The molecule has 4 N–H and O–H groups in total. The van der Waals surface area contributed by atoms with Gasteiger partial charge in [0.15, 0.2) is 5.69 Å². The zero-order chi connectivity index (χ0) is 20.9. The van der Waals surface area contributed by atoms with Gasteiger partial charge in [0.1, 0.15) is 4.90 Å². The van der Waals surface area contributed by atoms with Crippen molar-refractivity contribution in [1.29, 1.82) is 0 Å². The molecule has 0 saturated carbocycles. The number of pyridine rings is 1. The number of hydrogen-bond acceptors (Lipinski definition) is 7. The molecule has 3 rings (SSSR count). The third-order valence-electron chi connectivity index (χ3n) is 3.82. The lowest BCUT2D eigenvalue weighted by Gasteiger charge is -2.09. The summed E-state index contributed by atoms with van der Waals surface area (Å²) in [5.74, 6) is -1.36. The lowest BCUT2D eigenvalue weighted by molar-refractivity contribution is -0.121. The predicted octanol–water partition coefficient (Wildman–Crippen LogP) is -0.552. The Hall–Kier alpha value is -3.64. The first-order valence-electron chi connectivity index (χ1n) is 8.35. The van der Waals surface area contributed by atoms with E-state index in [1.807, 2.05) is 0 Å². The maximum atomic E-state index is 12.3. The summed E-state index contributed by atoms with van der Waals surface area (Å²) < 4.78 is 26.3. The highest BCUT2D eigenvalue weighted by Gasteiger charge is 2.16. The molecule has 2 heterocycles. The van der Waals surface area contributed by atoms with Crippen LogP contribution in [-0.4, -0.2) is 42.0 Å². The van der Waals surface area contributed by atoms with Crippen molar-refractivity contribution in [3.8, 4) is 0 Å². The van der Waals surface area contributed by atoms with E-state index < -0.39 is 27.4 Å². The fourth-order valence-corrected chi connectivity index (χ4v) is 3.42. The Balaban J connectivity index is 1.54. The Labute approximate surface area is 164 Å². The van der Waals surface area contributed by atoms with Crippen LogP contribution in [0.3, 0.4) is 0 Å². The van der Waals surface area contributed by atoms with Gasteiger partial charge in [-0.25, -0.2) is 18.2 Å². The van der Waals surface area contributed by atoms with E-state index in [2.05, 4.69) is 30.8 Å². The zero-order valence-electron chi connectivity index (χ0n) is 14.9. The number of nitrogens with one attached hydrogen (secondary N) is 4. The van der Waals surface area contributed by atoms with Gasteiger partial charge in [0.05, 0.1) is 5.39 Å². The second-order valence-corrected chi connectivity index (χ2v) is 7.55. The first kappa shape index (κ1) is 20.1. The third kappa shape index (κ3) is 4.80. The molecule has 0 aliphatic rings. The van der Waals surface area contributed by atoms with Crippen molar-refractivity contribution < 1.29 is 18.0 Å². The van der Waals surface area contributed by atoms with E-state index in [1.165, 1.54) is 24.5 Å². The molecule has 1 aromatic carbocycles. The highest BCUT2D eigenvalue weighted by molar-refractivity contribution is 7.89. The van der Waals surface area contributed by atoms with Crippen molar-refractivity contribution >= 4 is 32.6 Å². The minimum Gasteiger partial charge on any atom is -0.273 e. The average Bonchev–Trinajstić information content (AvgIpc) is 2.73. The summed E-state index contributed by atoms with van der Waals surface area (Å²) in [6.45, 7) is -0.182. The Kier molecular flexibility index (Phi) is 5.95. The second-order valence-electron chi connectivity index (χ2n) is 5.79. The number of carbonyl (C=O) groups excluding carboxylic acids is 2. The molecule has 0 fully saturated rings. The molecule has 0 bridgehead atoms. The van der Waals surface area contributed by atoms with Gasteiger partial charge in [-0.05, 0) is 18.2 Å². The first-order valence-corrected chi connectivity index (χ1v) is 9.83. The summed E-state index contributed by atoms with van der Waals surface area (Å²) in [4.78, 5) is 39.6. The number of aromatic nitrogens is 3. The number of H-pyrrole nitrogens is 1. The van der Waals surface area contributed by atoms with Crippen LogP contribution in [0.15, 0.2) is 58.5 Å². The smallest absolute Gasteiger partial charge is 0.273 e. The molecule has 0 aliphatic heterocycles. The fourth-order valence-electron chi connectivity index (χ4n) is 2.42. The topological polar surface area (TPSA) is 163 Å². The van der Waals surface area contributed by atoms with E-state index in [1.54, 1.807) is 24.3 Å². The Bertz CT molecular complexity index is 1210. The second kappa shape index (κ2) is 8.58. The summed E-state index contributed by atoms with van der Waals surface area (Å²) in [6.07, 6.45) is 2.40. The van der Waals surface area contributed by atoms with Crippen LogP contribution in [0.5, 0.6) is 0 Å². The van der Waals surface area contributed by atoms with Crippen LogP contribution in [0.4, 0.5) is 0 Å². The van der Waals surface area contributed by atoms with Gasteiger partial charge in [-0.1, -0.05) is 18.2 Å². The number of benzene rings is 1. The van der Waals surface area contributed by atoms with Gasteiger partial charge in [-0.3, -0.25) is 30.2 Å². The van der Waals surface area contributed by atoms with Crippen LogP contribution in [0.2, 0.25) is 0 Å². The summed E-state index contributed by atoms with van der Waals surface area (Å²) >= 11 is 0. The maximum Gasteiger partial charge on any atom is 0.290 e. The van der Waals surface area contributed by atoms with Crippen LogP contribution < -0.4 is 21.1 Å². The maximum absolute atomic E-state index is 12.3. The third-order valence-corrected chi connectivity index (χ3v) is 5.26. The van der Waals surface area contributed by atoms with Crippen LogP contribution in [0, 0.1) is 0 Å². The molecule has 150 valence electrons. The van der Waals surface area contributed by atoms with Crippen LogP contribution in [-0.2, 0) is 14.8 Å². The van der Waals surface area contributed by atoms with Gasteiger partial charge < -0.3 is 0 Å². The molecule has 2 aromatic heterocycles. The number of carbonyl (C=O) groups is 2. The molecule has 0 unspecified atom stereocenters. The molecule has 0 radical (unpaired) electrons. The van der Waals surface area contributed by atoms with Crippen LogP contribution in [0.25, 0.3) is 10.8 Å². The van der Waals surface area contributed by atoms with E-state index in [-0.39, 0.29) is 28.9 Å².